The van der Waals surface area contributed by atoms with Gasteiger partial charge in [-0.3, -0.25) is 14.4 Å². The van der Waals surface area contributed by atoms with E-state index in [1.165, 1.54) is 11.2 Å². The molecular formula is C23H38N6O5. The number of rotatable bonds is 12. The van der Waals surface area contributed by atoms with Gasteiger partial charge in [-0.2, -0.15) is 0 Å². The van der Waals surface area contributed by atoms with Crippen molar-refractivity contribution in [3.8, 4) is 0 Å². The number of carbonyl (C=O) groups excluding carboxylic acids is 3. The number of nitrogens with one attached hydrogen (secondary N) is 3. The first kappa shape index (κ1) is 27.3. The Morgan fingerprint density at radius 3 is 2.53 bits per heavy atom. The molecule has 190 valence electrons. The standard InChI is InChI=1S/C23H38N6O5/c1-5-14(4)19(23(33)34)28-21(31)18-7-6-8-29(18)22(32)17(9-13(2)3)27-20(30)16(24)10-15-11-25-12-26-15/h11-14,16-19H,5-10,24H2,1-4H3,(H,25,26)(H,27,30)(H,28,31)(H,33,34). The lowest BCUT2D eigenvalue weighted by atomic mass is 9.98. The molecule has 6 N–H and O–H groups in total. The van der Waals surface area contributed by atoms with Crippen LogP contribution in [0, 0.1) is 11.8 Å². The average Bonchev–Trinajstić information content (AvgIpc) is 3.47. The molecule has 0 radical (unpaired) electrons. The second-order valence-corrected chi connectivity index (χ2v) is 9.48. The SMILES string of the molecule is CCC(C)C(NC(=O)C1CCCN1C(=O)C(CC(C)C)NC(=O)C(N)Cc1cnc[nH]1)C(=O)O. The third-order valence-corrected chi connectivity index (χ3v) is 6.27. The molecule has 1 aromatic rings. The van der Waals surface area contributed by atoms with Crippen molar-refractivity contribution in [3.63, 3.8) is 0 Å². The smallest absolute Gasteiger partial charge is 0.326 e. The molecule has 0 saturated carbocycles. The zero-order chi connectivity index (χ0) is 25.4. The summed E-state index contributed by atoms with van der Waals surface area (Å²) >= 11 is 0. The van der Waals surface area contributed by atoms with Crippen LogP contribution >= 0.6 is 0 Å². The highest BCUT2D eigenvalue weighted by Crippen LogP contribution is 2.21. The van der Waals surface area contributed by atoms with Gasteiger partial charge in [0.05, 0.1) is 12.4 Å². The fraction of sp³-hybridized carbons (Fsp3) is 0.696. The molecule has 11 nitrogen and oxygen atoms in total. The van der Waals surface area contributed by atoms with Crippen molar-refractivity contribution in [3.05, 3.63) is 18.2 Å². The van der Waals surface area contributed by atoms with Crippen LogP contribution in [0.15, 0.2) is 12.5 Å². The van der Waals surface area contributed by atoms with Gasteiger partial charge in [0.15, 0.2) is 0 Å². The lowest BCUT2D eigenvalue weighted by Gasteiger charge is -2.31. The molecule has 1 aliphatic rings. The molecule has 1 fully saturated rings. The van der Waals surface area contributed by atoms with Gasteiger partial charge in [-0.1, -0.05) is 34.1 Å². The van der Waals surface area contributed by atoms with Crippen LogP contribution in [0.25, 0.3) is 0 Å². The van der Waals surface area contributed by atoms with Gasteiger partial charge < -0.3 is 31.4 Å². The lowest BCUT2D eigenvalue weighted by molar-refractivity contribution is -0.146. The van der Waals surface area contributed by atoms with E-state index in [9.17, 15) is 24.3 Å². The van der Waals surface area contributed by atoms with Gasteiger partial charge in [0.25, 0.3) is 0 Å². The Hall–Kier alpha value is -2.95. The molecule has 5 atom stereocenters. The Bertz CT molecular complexity index is 843. The predicted molar refractivity (Wildman–Crippen MR) is 125 cm³/mol. The fourth-order valence-electron chi connectivity index (χ4n) is 4.13. The Balaban J connectivity index is 2.11. The van der Waals surface area contributed by atoms with E-state index in [-0.39, 0.29) is 24.2 Å². The largest absolute Gasteiger partial charge is 0.480 e. The highest BCUT2D eigenvalue weighted by atomic mass is 16.4. The van der Waals surface area contributed by atoms with Crippen LogP contribution in [-0.2, 0) is 25.6 Å². The average molecular weight is 479 g/mol. The summed E-state index contributed by atoms with van der Waals surface area (Å²) in [5, 5.41) is 14.9. The van der Waals surface area contributed by atoms with E-state index in [1.54, 1.807) is 13.1 Å². The fourth-order valence-corrected chi connectivity index (χ4v) is 4.13. The molecule has 0 bridgehead atoms. The molecule has 1 aromatic heterocycles. The van der Waals surface area contributed by atoms with Crippen molar-refractivity contribution < 1.29 is 24.3 Å². The molecule has 0 aliphatic carbocycles. The zero-order valence-corrected chi connectivity index (χ0v) is 20.4. The highest BCUT2D eigenvalue weighted by Gasteiger charge is 2.39. The van der Waals surface area contributed by atoms with Crippen LogP contribution < -0.4 is 16.4 Å². The number of aromatic amines is 1. The highest BCUT2D eigenvalue weighted by molar-refractivity contribution is 5.94. The van der Waals surface area contributed by atoms with Crippen LogP contribution in [-0.4, -0.2) is 74.4 Å². The number of carboxylic acids is 1. The van der Waals surface area contributed by atoms with Gasteiger partial charge in [-0.05, 0) is 31.1 Å². The quantitative estimate of drug-likeness (QED) is 0.290. The molecule has 11 heteroatoms. The predicted octanol–water partition coefficient (Wildman–Crippen LogP) is 0.417. The monoisotopic (exact) mass is 478 g/mol. The van der Waals surface area contributed by atoms with E-state index < -0.39 is 42.0 Å². The number of nitrogens with two attached hydrogens (primary N) is 1. The van der Waals surface area contributed by atoms with Gasteiger partial charge in [0, 0.05) is 24.9 Å². The van der Waals surface area contributed by atoms with Gasteiger partial charge in [-0.15, -0.1) is 0 Å². The van der Waals surface area contributed by atoms with Crippen LogP contribution in [0.3, 0.4) is 0 Å². The number of carbonyl (C=O) groups is 4. The number of amides is 3. The lowest BCUT2D eigenvalue weighted by Crippen LogP contribution is -2.57. The van der Waals surface area contributed by atoms with Crippen LogP contribution in [0.1, 0.15) is 59.1 Å². The zero-order valence-electron chi connectivity index (χ0n) is 20.4. The van der Waals surface area contributed by atoms with Crippen molar-refractivity contribution >= 4 is 23.7 Å². The molecule has 3 amide bonds. The van der Waals surface area contributed by atoms with Crippen LogP contribution in [0.5, 0.6) is 0 Å². The summed E-state index contributed by atoms with van der Waals surface area (Å²) in [7, 11) is 0. The van der Waals surface area contributed by atoms with E-state index in [1.807, 2.05) is 20.8 Å². The number of imidazole rings is 1. The van der Waals surface area contributed by atoms with Crippen molar-refractivity contribution in [2.24, 2.45) is 17.6 Å². The summed E-state index contributed by atoms with van der Waals surface area (Å²) in [6, 6.07) is -3.50. The Kier molecular flexibility index (Phi) is 10.0. The maximum atomic E-state index is 13.4. The minimum atomic E-state index is -1.10. The number of aromatic nitrogens is 2. The molecule has 2 heterocycles. The van der Waals surface area contributed by atoms with Crippen LogP contribution in [0.4, 0.5) is 0 Å². The number of carboxylic acid groups (broad SMARTS) is 1. The normalized spacial score (nSPS) is 19.4. The Morgan fingerprint density at radius 2 is 1.97 bits per heavy atom. The summed E-state index contributed by atoms with van der Waals surface area (Å²) < 4.78 is 0. The number of H-pyrrole nitrogens is 1. The van der Waals surface area contributed by atoms with E-state index in [0.29, 0.717) is 37.9 Å². The molecule has 1 aliphatic heterocycles. The third kappa shape index (κ3) is 7.28. The first-order valence-corrected chi connectivity index (χ1v) is 11.9. The number of hydrogen-bond donors (Lipinski definition) is 5. The molecule has 0 spiro atoms. The molecule has 0 aromatic carbocycles. The second-order valence-electron chi connectivity index (χ2n) is 9.48. The van der Waals surface area contributed by atoms with E-state index in [0.717, 1.165) is 0 Å². The first-order valence-electron chi connectivity index (χ1n) is 11.9. The molecule has 2 rings (SSSR count). The van der Waals surface area contributed by atoms with Crippen LogP contribution in [0.2, 0.25) is 0 Å². The number of nitrogens with zero attached hydrogens (tertiary/aromatic N) is 2. The third-order valence-electron chi connectivity index (χ3n) is 6.27. The number of hydrogen-bond acceptors (Lipinski definition) is 6. The summed E-state index contributed by atoms with van der Waals surface area (Å²) in [6.07, 6.45) is 5.36. The Labute approximate surface area is 200 Å². The van der Waals surface area contributed by atoms with Crippen molar-refractivity contribution in [2.45, 2.75) is 84.0 Å². The topological polar surface area (TPSA) is 171 Å². The second kappa shape index (κ2) is 12.5. The summed E-state index contributed by atoms with van der Waals surface area (Å²) in [5.74, 6) is -2.55. The maximum Gasteiger partial charge on any atom is 0.326 e. The van der Waals surface area contributed by atoms with Crippen molar-refractivity contribution in [2.75, 3.05) is 6.54 Å². The molecular weight excluding hydrogens is 440 g/mol. The van der Waals surface area contributed by atoms with E-state index >= 15 is 0 Å². The van der Waals surface area contributed by atoms with Crippen molar-refractivity contribution in [1.82, 2.24) is 25.5 Å². The van der Waals surface area contributed by atoms with Gasteiger partial charge in [0.2, 0.25) is 17.7 Å². The molecule has 5 unspecified atom stereocenters. The van der Waals surface area contributed by atoms with Gasteiger partial charge in [0.1, 0.15) is 18.1 Å². The maximum absolute atomic E-state index is 13.4. The van der Waals surface area contributed by atoms with Gasteiger partial charge in [-0.25, -0.2) is 9.78 Å². The van der Waals surface area contributed by atoms with E-state index in [2.05, 4.69) is 20.6 Å². The minimum absolute atomic E-state index is 0.106. The Morgan fingerprint density at radius 1 is 1.26 bits per heavy atom. The van der Waals surface area contributed by atoms with Crippen molar-refractivity contribution in [1.29, 1.82) is 0 Å². The molecule has 34 heavy (non-hydrogen) atoms. The van der Waals surface area contributed by atoms with Gasteiger partial charge >= 0.3 is 5.97 Å². The minimum Gasteiger partial charge on any atom is -0.480 e. The summed E-state index contributed by atoms with van der Waals surface area (Å²) in [4.78, 5) is 59.0. The number of likely N-dealkylation sites (tertiary alicyclic amines) is 1. The summed E-state index contributed by atoms with van der Waals surface area (Å²) in [6.45, 7) is 7.86. The number of aliphatic carboxylic acids is 1. The first-order chi connectivity index (χ1) is 16.0. The summed E-state index contributed by atoms with van der Waals surface area (Å²) in [5.41, 5.74) is 6.75. The molecule has 1 saturated heterocycles. The van der Waals surface area contributed by atoms with E-state index in [4.69, 9.17) is 5.73 Å².